The van der Waals surface area contributed by atoms with Gasteiger partial charge in [-0.2, -0.15) is 0 Å². The van der Waals surface area contributed by atoms with Crippen molar-refractivity contribution in [3.05, 3.63) is 23.8 Å². The summed E-state index contributed by atoms with van der Waals surface area (Å²) in [5.41, 5.74) is 2.73. The Kier molecular flexibility index (Phi) is 3.54. The van der Waals surface area contributed by atoms with Crippen LogP contribution in [0, 0.1) is 5.92 Å². The average molecular weight is 166 g/mol. The number of hydrogen-bond acceptors (Lipinski definition) is 1. The lowest BCUT2D eigenvalue weighted by Gasteiger charge is -2.22. The summed E-state index contributed by atoms with van der Waals surface area (Å²) in [6.07, 6.45) is 6.63. The molecule has 1 atom stereocenters. The van der Waals surface area contributed by atoms with Gasteiger partial charge in [0.25, 0.3) is 0 Å². The van der Waals surface area contributed by atoms with Crippen LogP contribution < -0.4 is 0 Å². The molecule has 0 heterocycles. The standard InChI is InChI=1S/C11H18O/c1-9-3-5-11(6-4-9)10(2)7-8-12/h3,11-12H,2,4-8H2,1H3/t11-/m1/s1. The minimum absolute atomic E-state index is 0.248. The molecule has 0 aromatic carbocycles. The molecule has 12 heavy (non-hydrogen) atoms. The van der Waals surface area contributed by atoms with Gasteiger partial charge in [0, 0.05) is 6.61 Å². The van der Waals surface area contributed by atoms with E-state index in [4.69, 9.17) is 5.11 Å². The van der Waals surface area contributed by atoms with Gasteiger partial charge in [0.05, 0.1) is 0 Å². The minimum Gasteiger partial charge on any atom is -0.396 e. The Bertz CT molecular complexity index is 191. The topological polar surface area (TPSA) is 20.2 Å². The van der Waals surface area contributed by atoms with Crippen molar-refractivity contribution >= 4 is 0 Å². The molecule has 0 spiro atoms. The summed E-state index contributed by atoms with van der Waals surface area (Å²) in [5.74, 6) is 0.626. The van der Waals surface area contributed by atoms with Crippen molar-refractivity contribution in [3.63, 3.8) is 0 Å². The van der Waals surface area contributed by atoms with E-state index in [1.807, 2.05) is 0 Å². The molecule has 0 bridgehead atoms. The van der Waals surface area contributed by atoms with Gasteiger partial charge in [-0.1, -0.05) is 23.8 Å². The van der Waals surface area contributed by atoms with Gasteiger partial charge in [0.15, 0.2) is 0 Å². The molecule has 68 valence electrons. The highest BCUT2D eigenvalue weighted by atomic mass is 16.2. The molecule has 1 rings (SSSR count). The maximum absolute atomic E-state index is 8.74. The van der Waals surface area contributed by atoms with Crippen LogP contribution in [0.2, 0.25) is 0 Å². The Morgan fingerprint density at radius 2 is 2.50 bits per heavy atom. The lowest BCUT2D eigenvalue weighted by molar-refractivity contribution is 0.292. The van der Waals surface area contributed by atoms with Gasteiger partial charge in [-0.05, 0) is 38.5 Å². The molecule has 0 unspecified atom stereocenters. The molecule has 0 radical (unpaired) electrons. The number of aliphatic hydroxyl groups excluding tert-OH is 1. The van der Waals surface area contributed by atoms with Crippen LogP contribution in [0.25, 0.3) is 0 Å². The summed E-state index contributed by atoms with van der Waals surface area (Å²) in [6.45, 7) is 6.44. The largest absolute Gasteiger partial charge is 0.396 e. The lowest BCUT2D eigenvalue weighted by Crippen LogP contribution is -2.08. The van der Waals surface area contributed by atoms with Crippen LogP contribution in [-0.2, 0) is 0 Å². The summed E-state index contributed by atoms with van der Waals surface area (Å²) >= 11 is 0. The van der Waals surface area contributed by atoms with E-state index in [0.29, 0.717) is 5.92 Å². The van der Waals surface area contributed by atoms with E-state index < -0.39 is 0 Å². The van der Waals surface area contributed by atoms with E-state index in [0.717, 1.165) is 12.8 Å². The van der Waals surface area contributed by atoms with Crippen molar-refractivity contribution in [1.82, 2.24) is 0 Å². The predicted molar refractivity (Wildman–Crippen MR) is 51.9 cm³/mol. The zero-order valence-corrected chi connectivity index (χ0v) is 7.84. The molecular weight excluding hydrogens is 148 g/mol. The van der Waals surface area contributed by atoms with Crippen LogP contribution in [0.5, 0.6) is 0 Å². The SMILES string of the molecule is C=C(CCO)[C@@H]1CC=C(C)CC1. The second-order valence-corrected chi connectivity index (χ2v) is 3.65. The highest BCUT2D eigenvalue weighted by Gasteiger charge is 2.14. The maximum Gasteiger partial charge on any atom is 0.0468 e. The Labute approximate surface area is 74.8 Å². The van der Waals surface area contributed by atoms with Crippen LogP contribution in [0.3, 0.4) is 0 Å². The molecule has 1 aliphatic rings. The van der Waals surface area contributed by atoms with Crippen LogP contribution >= 0.6 is 0 Å². The van der Waals surface area contributed by atoms with Crippen LogP contribution in [0.15, 0.2) is 23.8 Å². The van der Waals surface area contributed by atoms with Gasteiger partial charge < -0.3 is 5.11 Å². The first-order valence-electron chi connectivity index (χ1n) is 4.68. The van der Waals surface area contributed by atoms with E-state index >= 15 is 0 Å². The summed E-state index contributed by atoms with van der Waals surface area (Å²) in [6, 6.07) is 0. The Morgan fingerprint density at radius 3 is 3.00 bits per heavy atom. The number of allylic oxidation sites excluding steroid dienone is 2. The Morgan fingerprint density at radius 1 is 1.75 bits per heavy atom. The molecule has 0 saturated heterocycles. The summed E-state index contributed by atoms with van der Waals surface area (Å²) in [7, 11) is 0. The first-order valence-corrected chi connectivity index (χ1v) is 4.68. The Balaban J connectivity index is 2.40. The number of aliphatic hydroxyl groups is 1. The summed E-state index contributed by atoms with van der Waals surface area (Å²) in [5, 5.41) is 8.74. The van der Waals surface area contributed by atoms with Gasteiger partial charge >= 0.3 is 0 Å². The third-order valence-corrected chi connectivity index (χ3v) is 2.65. The van der Waals surface area contributed by atoms with Crippen LogP contribution in [0.4, 0.5) is 0 Å². The molecule has 0 aromatic rings. The number of hydrogen-bond donors (Lipinski definition) is 1. The first-order chi connectivity index (χ1) is 5.74. The smallest absolute Gasteiger partial charge is 0.0468 e. The molecule has 1 aliphatic carbocycles. The monoisotopic (exact) mass is 166 g/mol. The van der Waals surface area contributed by atoms with Crippen molar-refractivity contribution in [3.8, 4) is 0 Å². The van der Waals surface area contributed by atoms with Crippen molar-refractivity contribution < 1.29 is 5.11 Å². The van der Waals surface area contributed by atoms with Crippen molar-refractivity contribution in [2.75, 3.05) is 6.61 Å². The minimum atomic E-state index is 0.248. The van der Waals surface area contributed by atoms with Gasteiger partial charge in [0.2, 0.25) is 0 Å². The fourth-order valence-electron chi connectivity index (χ4n) is 1.68. The van der Waals surface area contributed by atoms with Crippen molar-refractivity contribution in [2.45, 2.75) is 32.6 Å². The highest BCUT2D eigenvalue weighted by Crippen LogP contribution is 2.29. The first kappa shape index (κ1) is 9.53. The molecule has 0 aromatic heterocycles. The molecular formula is C11H18O. The van der Waals surface area contributed by atoms with Gasteiger partial charge in [0.1, 0.15) is 0 Å². The van der Waals surface area contributed by atoms with E-state index in [-0.39, 0.29) is 6.61 Å². The zero-order chi connectivity index (χ0) is 8.97. The van der Waals surface area contributed by atoms with Gasteiger partial charge in [-0.3, -0.25) is 0 Å². The third kappa shape index (κ3) is 2.49. The van der Waals surface area contributed by atoms with Crippen molar-refractivity contribution in [1.29, 1.82) is 0 Å². The van der Waals surface area contributed by atoms with E-state index in [2.05, 4.69) is 19.6 Å². The van der Waals surface area contributed by atoms with E-state index in [1.165, 1.54) is 24.0 Å². The van der Waals surface area contributed by atoms with E-state index in [9.17, 15) is 0 Å². The molecule has 0 aliphatic heterocycles. The molecule has 0 saturated carbocycles. The highest BCUT2D eigenvalue weighted by molar-refractivity contribution is 5.11. The van der Waals surface area contributed by atoms with Crippen molar-refractivity contribution in [2.24, 2.45) is 5.92 Å². The number of rotatable bonds is 3. The lowest BCUT2D eigenvalue weighted by atomic mass is 9.84. The van der Waals surface area contributed by atoms with E-state index in [1.54, 1.807) is 0 Å². The third-order valence-electron chi connectivity index (χ3n) is 2.65. The fourth-order valence-corrected chi connectivity index (χ4v) is 1.68. The van der Waals surface area contributed by atoms with Crippen LogP contribution in [-0.4, -0.2) is 11.7 Å². The summed E-state index contributed by atoms with van der Waals surface area (Å²) < 4.78 is 0. The normalized spacial score (nSPS) is 23.5. The molecule has 1 N–H and O–H groups in total. The quantitative estimate of drug-likeness (QED) is 0.639. The maximum atomic E-state index is 8.74. The van der Waals surface area contributed by atoms with Gasteiger partial charge in [-0.15, -0.1) is 0 Å². The molecule has 1 nitrogen and oxygen atoms in total. The van der Waals surface area contributed by atoms with Crippen LogP contribution in [0.1, 0.15) is 32.6 Å². The molecule has 0 amide bonds. The molecule has 0 fully saturated rings. The Hall–Kier alpha value is -0.560. The zero-order valence-electron chi connectivity index (χ0n) is 7.84. The predicted octanol–water partition coefficient (Wildman–Crippen LogP) is 2.67. The average Bonchev–Trinajstić information content (AvgIpc) is 2.06. The molecule has 1 heteroatoms. The summed E-state index contributed by atoms with van der Waals surface area (Å²) in [4.78, 5) is 0. The van der Waals surface area contributed by atoms with Gasteiger partial charge in [-0.25, -0.2) is 0 Å². The second-order valence-electron chi connectivity index (χ2n) is 3.65. The fraction of sp³-hybridized carbons (Fsp3) is 0.636. The second kappa shape index (κ2) is 4.46.